The summed E-state index contributed by atoms with van der Waals surface area (Å²) in [4.78, 5) is 51.9. The second-order valence-corrected chi connectivity index (χ2v) is 9.29. The van der Waals surface area contributed by atoms with E-state index in [1.165, 1.54) is 0 Å². The number of hydrogen-bond donors (Lipinski definition) is 4. The summed E-state index contributed by atoms with van der Waals surface area (Å²) in [5, 5.41) is 15.0. The number of nitrogens with zero attached hydrogens (tertiary/aromatic N) is 1. The molecule has 0 aromatic heterocycles. The van der Waals surface area contributed by atoms with E-state index in [0.717, 1.165) is 4.90 Å². The molecule has 1 rings (SSSR count). The van der Waals surface area contributed by atoms with Crippen LogP contribution in [0.5, 0.6) is 0 Å². The molecule has 10 heteroatoms. The highest BCUT2D eigenvalue weighted by atomic mass is 16.6. The van der Waals surface area contributed by atoms with Gasteiger partial charge in [0.05, 0.1) is 6.61 Å². The number of primary amides is 1. The van der Waals surface area contributed by atoms with Crippen LogP contribution < -0.4 is 16.4 Å². The van der Waals surface area contributed by atoms with E-state index in [1.807, 2.05) is 0 Å². The Morgan fingerprint density at radius 1 is 1.14 bits per heavy atom. The van der Waals surface area contributed by atoms with Crippen LogP contribution in [0.4, 0.5) is 4.79 Å². The van der Waals surface area contributed by atoms with Gasteiger partial charge in [-0.2, -0.15) is 0 Å². The van der Waals surface area contributed by atoms with Crippen molar-refractivity contribution in [2.24, 2.45) is 5.73 Å². The molecule has 0 saturated carbocycles. The Kier molecular flexibility index (Phi) is 11.2. The topological polar surface area (TPSA) is 151 Å². The summed E-state index contributed by atoms with van der Waals surface area (Å²) in [6.45, 7) is 7.87. The lowest BCUT2D eigenvalue weighted by Gasteiger charge is -2.34. The smallest absolute Gasteiger partial charge is 0.408 e. The zero-order valence-corrected chi connectivity index (χ0v) is 21.0. The maximum Gasteiger partial charge on any atom is 0.408 e. The van der Waals surface area contributed by atoms with Gasteiger partial charge >= 0.3 is 6.09 Å². The SMILES string of the molecule is C#Cc1ccc(C(C(=O)NC(C)C)N(CCO)C(=O)C(CCC(N)=O)NC(=O)OC(C)(C)C)cc1. The molecule has 0 bridgehead atoms. The lowest BCUT2D eigenvalue weighted by atomic mass is 10.00. The number of terminal acetylenes is 1. The number of carbonyl (C=O) groups excluding carboxylic acids is 4. The van der Waals surface area contributed by atoms with Crippen molar-refractivity contribution in [1.82, 2.24) is 15.5 Å². The lowest BCUT2D eigenvalue weighted by Crippen LogP contribution is -2.54. The monoisotopic (exact) mass is 488 g/mol. The van der Waals surface area contributed by atoms with Crippen LogP contribution in [0.1, 0.15) is 64.6 Å². The minimum atomic E-state index is -1.23. The maximum absolute atomic E-state index is 13.7. The average molecular weight is 489 g/mol. The summed E-state index contributed by atoms with van der Waals surface area (Å²) < 4.78 is 5.25. The first-order chi connectivity index (χ1) is 16.3. The summed E-state index contributed by atoms with van der Waals surface area (Å²) in [6, 6.07) is 3.91. The van der Waals surface area contributed by atoms with Gasteiger partial charge in [0.15, 0.2) is 0 Å². The molecule has 1 aromatic carbocycles. The van der Waals surface area contributed by atoms with Crippen LogP contribution >= 0.6 is 0 Å². The zero-order chi connectivity index (χ0) is 26.8. The Labute approximate surface area is 206 Å². The first-order valence-corrected chi connectivity index (χ1v) is 11.3. The number of benzene rings is 1. The standard InChI is InChI=1S/C25H36N4O6/c1-7-17-8-10-18(11-9-17)21(22(32)27-16(2)3)29(14-15-30)23(33)19(12-13-20(26)31)28-24(34)35-25(4,5)6/h1,8-11,16,19,21,30H,12-15H2,2-6H3,(H2,26,31)(H,27,32)(H,28,34). The van der Waals surface area contributed by atoms with Gasteiger partial charge in [-0.25, -0.2) is 4.79 Å². The van der Waals surface area contributed by atoms with Crippen LogP contribution in [0.25, 0.3) is 0 Å². The third-order valence-electron chi connectivity index (χ3n) is 4.68. The highest BCUT2D eigenvalue weighted by Gasteiger charge is 2.36. The van der Waals surface area contributed by atoms with Crippen molar-refractivity contribution in [3.63, 3.8) is 0 Å². The molecule has 4 amide bonds. The molecule has 0 aliphatic carbocycles. The fourth-order valence-corrected chi connectivity index (χ4v) is 3.27. The lowest BCUT2D eigenvalue weighted by molar-refractivity contribution is -0.143. The summed E-state index contributed by atoms with van der Waals surface area (Å²) in [6.07, 6.45) is 4.24. The molecule has 5 N–H and O–H groups in total. The number of nitrogens with one attached hydrogen (secondary N) is 2. The third-order valence-corrected chi connectivity index (χ3v) is 4.68. The summed E-state index contributed by atoms with van der Waals surface area (Å²) in [5.74, 6) is 0.657. The average Bonchev–Trinajstić information content (AvgIpc) is 2.74. The molecular weight excluding hydrogens is 452 g/mol. The molecule has 0 heterocycles. The highest BCUT2D eigenvalue weighted by molar-refractivity contribution is 5.92. The number of carbonyl (C=O) groups is 4. The molecule has 192 valence electrons. The number of nitrogens with two attached hydrogens (primary N) is 1. The van der Waals surface area contributed by atoms with Gasteiger partial charge in [0.25, 0.3) is 0 Å². The molecule has 0 spiro atoms. The van der Waals surface area contributed by atoms with Crippen molar-refractivity contribution in [1.29, 1.82) is 0 Å². The molecule has 0 saturated heterocycles. The van der Waals surface area contributed by atoms with Crippen molar-refractivity contribution < 1.29 is 29.0 Å². The summed E-state index contributed by atoms with van der Waals surface area (Å²) in [7, 11) is 0. The van der Waals surface area contributed by atoms with E-state index in [1.54, 1.807) is 58.9 Å². The molecule has 0 aliphatic heterocycles. The molecule has 1 aromatic rings. The minimum Gasteiger partial charge on any atom is -0.444 e. The Morgan fingerprint density at radius 2 is 1.74 bits per heavy atom. The van der Waals surface area contributed by atoms with Gasteiger partial charge in [0.1, 0.15) is 17.7 Å². The van der Waals surface area contributed by atoms with Crippen LogP contribution in [0.3, 0.4) is 0 Å². The zero-order valence-electron chi connectivity index (χ0n) is 21.0. The van der Waals surface area contributed by atoms with E-state index in [4.69, 9.17) is 16.9 Å². The summed E-state index contributed by atoms with van der Waals surface area (Å²) >= 11 is 0. The number of alkyl carbamates (subject to hydrolysis) is 1. The molecule has 0 aliphatic rings. The Balaban J connectivity index is 3.44. The molecule has 35 heavy (non-hydrogen) atoms. The molecule has 0 fully saturated rings. The van der Waals surface area contributed by atoms with Crippen molar-refractivity contribution >= 4 is 23.8 Å². The normalized spacial score (nSPS) is 12.7. The van der Waals surface area contributed by atoms with Gasteiger partial charge in [-0.3, -0.25) is 14.4 Å². The summed E-state index contributed by atoms with van der Waals surface area (Å²) in [5.41, 5.74) is 5.47. The van der Waals surface area contributed by atoms with Gasteiger partial charge in [-0.05, 0) is 58.7 Å². The number of aliphatic hydroxyl groups is 1. The Morgan fingerprint density at radius 3 is 2.20 bits per heavy atom. The maximum atomic E-state index is 13.7. The van der Waals surface area contributed by atoms with E-state index in [-0.39, 0.29) is 25.4 Å². The van der Waals surface area contributed by atoms with E-state index in [9.17, 15) is 24.3 Å². The van der Waals surface area contributed by atoms with Crippen molar-refractivity contribution in [3.05, 3.63) is 35.4 Å². The largest absolute Gasteiger partial charge is 0.444 e. The van der Waals surface area contributed by atoms with Gasteiger partial charge in [-0.1, -0.05) is 18.1 Å². The first kappa shape index (κ1) is 29.5. The molecule has 2 atom stereocenters. The van der Waals surface area contributed by atoms with Crippen LogP contribution in [0.2, 0.25) is 0 Å². The van der Waals surface area contributed by atoms with Crippen LogP contribution in [-0.4, -0.2) is 64.7 Å². The predicted molar refractivity (Wildman–Crippen MR) is 131 cm³/mol. The van der Waals surface area contributed by atoms with Crippen molar-refractivity contribution in [2.75, 3.05) is 13.2 Å². The van der Waals surface area contributed by atoms with E-state index in [2.05, 4.69) is 16.6 Å². The second-order valence-electron chi connectivity index (χ2n) is 9.29. The Hall–Kier alpha value is -3.58. The molecule has 2 unspecified atom stereocenters. The van der Waals surface area contributed by atoms with E-state index in [0.29, 0.717) is 11.1 Å². The Bertz CT molecular complexity index is 931. The van der Waals surface area contributed by atoms with Gasteiger partial charge < -0.3 is 31.1 Å². The van der Waals surface area contributed by atoms with Gasteiger partial charge in [0.2, 0.25) is 17.7 Å². The van der Waals surface area contributed by atoms with E-state index < -0.39 is 48.1 Å². The van der Waals surface area contributed by atoms with Crippen LogP contribution in [0, 0.1) is 12.3 Å². The number of amides is 4. The first-order valence-electron chi connectivity index (χ1n) is 11.3. The molecular formula is C25H36N4O6. The van der Waals surface area contributed by atoms with Gasteiger partial charge in [-0.15, -0.1) is 6.42 Å². The van der Waals surface area contributed by atoms with Crippen LogP contribution in [0.15, 0.2) is 24.3 Å². The number of hydrogen-bond acceptors (Lipinski definition) is 6. The second kappa shape index (κ2) is 13.3. The number of rotatable bonds is 11. The fourth-order valence-electron chi connectivity index (χ4n) is 3.27. The highest BCUT2D eigenvalue weighted by Crippen LogP contribution is 2.24. The quantitative estimate of drug-likeness (QED) is 0.344. The molecule has 0 radical (unpaired) electrons. The minimum absolute atomic E-state index is 0.121. The predicted octanol–water partition coefficient (Wildman–Crippen LogP) is 1.21. The number of ether oxygens (including phenoxy) is 1. The van der Waals surface area contributed by atoms with Gasteiger partial charge in [0, 0.05) is 24.6 Å². The van der Waals surface area contributed by atoms with Crippen molar-refractivity contribution in [2.45, 2.75) is 71.2 Å². The third kappa shape index (κ3) is 10.1. The van der Waals surface area contributed by atoms with Crippen molar-refractivity contribution in [3.8, 4) is 12.3 Å². The molecule has 10 nitrogen and oxygen atoms in total. The van der Waals surface area contributed by atoms with Crippen LogP contribution in [-0.2, 0) is 19.1 Å². The fraction of sp³-hybridized carbons (Fsp3) is 0.520. The number of aliphatic hydroxyl groups excluding tert-OH is 1. The van der Waals surface area contributed by atoms with E-state index >= 15 is 0 Å².